The summed E-state index contributed by atoms with van der Waals surface area (Å²) in [4.78, 5) is 37.8. The van der Waals surface area contributed by atoms with Crippen molar-refractivity contribution in [1.29, 1.82) is 0 Å². The van der Waals surface area contributed by atoms with Crippen LogP contribution in [0.2, 0.25) is 0 Å². The van der Waals surface area contributed by atoms with Gasteiger partial charge in [0.25, 0.3) is 11.8 Å². The lowest BCUT2D eigenvalue weighted by Crippen LogP contribution is -2.29. The molecule has 0 saturated carbocycles. The molecule has 1 N–H and O–H groups in total. The number of amides is 2. The molecule has 12 nitrogen and oxygen atoms in total. The molecule has 36 heavy (non-hydrogen) atoms. The van der Waals surface area contributed by atoms with E-state index in [-0.39, 0.29) is 28.8 Å². The average Bonchev–Trinajstić information content (AvgIpc) is 3.26. The van der Waals surface area contributed by atoms with E-state index in [0.717, 1.165) is 18.4 Å². The quantitative estimate of drug-likeness (QED) is 0.483. The molecule has 2 amide bonds. The number of carbonyl (C=O) groups excluding carboxylic acids is 2. The average molecular weight is 527 g/mol. The van der Waals surface area contributed by atoms with E-state index < -0.39 is 38.8 Å². The van der Waals surface area contributed by atoms with E-state index >= 15 is 0 Å². The standard InChI is InChI=1S/C20H20F3N7O5S/c1-11(17-26-10-27-30(17)16-9-24-15(8-25-16)19(32)29(2)3)28-18(31)12-5-13(35-20(21,22)23)7-14(6-12)36(4,33)34/h5-11H,1-4H3,(H,28,31)/t11-/m0/s1. The van der Waals surface area contributed by atoms with Crippen LogP contribution in [-0.2, 0) is 9.84 Å². The second-order valence-electron chi connectivity index (χ2n) is 7.70. The lowest BCUT2D eigenvalue weighted by Gasteiger charge is -2.16. The minimum absolute atomic E-state index is 0.0920. The number of nitrogens with zero attached hydrogens (tertiary/aromatic N) is 6. The number of halogens is 3. The molecule has 0 spiro atoms. The Balaban J connectivity index is 1.87. The second-order valence-corrected chi connectivity index (χ2v) is 9.71. The summed E-state index contributed by atoms with van der Waals surface area (Å²) in [7, 11) is -0.848. The third-order valence-electron chi connectivity index (χ3n) is 4.59. The van der Waals surface area contributed by atoms with Gasteiger partial charge in [-0.15, -0.1) is 13.2 Å². The number of hydrogen-bond donors (Lipinski definition) is 1. The van der Waals surface area contributed by atoms with Gasteiger partial charge in [0, 0.05) is 25.9 Å². The predicted molar refractivity (Wildman–Crippen MR) is 117 cm³/mol. The molecule has 0 unspecified atom stereocenters. The Bertz CT molecular complexity index is 1390. The molecule has 0 fully saturated rings. The van der Waals surface area contributed by atoms with E-state index in [1.54, 1.807) is 14.1 Å². The Morgan fingerprint density at radius 2 is 1.81 bits per heavy atom. The first-order valence-electron chi connectivity index (χ1n) is 10.0. The van der Waals surface area contributed by atoms with E-state index in [4.69, 9.17) is 0 Å². The van der Waals surface area contributed by atoms with Crippen LogP contribution in [0.1, 0.15) is 39.6 Å². The Morgan fingerprint density at radius 1 is 1.11 bits per heavy atom. The fourth-order valence-electron chi connectivity index (χ4n) is 2.95. The Labute approximate surface area is 203 Å². The van der Waals surface area contributed by atoms with Crippen LogP contribution in [0.25, 0.3) is 5.82 Å². The molecular formula is C20H20F3N7O5S. The summed E-state index contributed by atoms with van der Waals surface area (Å²) in [5.74, 6) is -1.77. The van der Waals surface area contributed by atoms with Crippen LogP contribution in [-0.4, -0.2) is 76.6 Å². The maximum Gasteiger partial charge on any atom is 0.573 e. The summed E-state index contributed by atoms with van der Waals surface area (Å²) in [6.07, 6.45) is -0.616. The SMILES string of the molecule is C[C@H](NC(=O)c1cc(OC(F)(F)F)cc(S(C)(=O)=O)c1)c1ncnn1-c1cnc(C(=O)N(C)C)cn1. The van der Waals surface area contributed by atoms with E-state index in [1.165, 1.54) is 35.2 Å². The first-order chi connectivity index (χ1) is 16.7. The van der Waals surface area contributed by atoms with Gasteiger partial charge in [-0.25, -0.2) is 23.4 Å². The van der Waals surface area contributed by atoms with Crippen molar-refractivity contribution in [1.82, 2.24) is 34.9 Å². The van der Waals surface area contributed by atoms with Crippen LogP contribution in [0.5, 0.6) is 5.75 Å². The van der Waals surface area contributed by atoms with Gasteiger partial charge in [-0.1, -0.05) is 0 Å². The van der Waals surface area contributed by atoms with Gasteiger partial charge in [0.15, 0.2) is 21.5 Å². The zero-order chi connectivity index (χ0) is 26.8. The zero-order valence-corrected chi connectivity index (χ0v) is 20.1. The molecule has 192 valence electrons. The van der Waals surface area contributed by atoms with Crippen molar-refractivity contribution >= 4 is 21.7 Å². The van der Waals surface area contributed by atoms with Crippen LogP contribution in [0.3, 0.4) is 0 Å². The van der Waals surface area contributed by atoms with Crippen molar-refractivity contribution in [2.24, 2.45) is 0 Å². The fraction of sp³-hybridized carbons (Fsp3) is 0.300. The lowest BCUT2D eigenvalue weighted by atomic mass is 10.2. The molecule has 1 atom stereocenters. The van der Waals surface area contributed by atoms with Crippen molar-refractivity contribution in [2.75, 3.05) is 20.4 Å². The molecule has 3 rings (SSSR count). The number of benzene rings is 1. The predicted octanol–water partition coefficient (Wildman–Crippen LogP) is 1.55. The van der Waals surface area contributed by atoms with Gasteiger partial charge < -0.3 is 15.0 Å². The van der Waals surface area contributed by atoms with Crippen LogP contribution >= 0.6 is 0 Å². The molecule has 2 heterocycles. The fourth-order valence-corrected chi connectivity index (χ4v) is 3.62. The highest BCUT2D eigenvalue weighted by molar-refractivity contribution is 7.90. The molecule has 0 aliphatic heterocycles. The van der Waals surface area contributed by atoms with Crippen molar-refractivity contribution in [3.8, 4) is 11.6 Å². The van der Waals surface area contributed by atoms with Crippen LogP contribution in [0.4, 0.5) is 13.2 Å². The first-order valence-corrected chi connectivity index (χ1v) is 11.9. The molecule has 1 aromatic carbocycles. The summed E-state index contributed by atoms with van der Waals surface area (Å²) in [5, 5.41) is 6.55. The Kier molecular flexibility index (Phi) is 7.28. The molecule has 0 radical (unpaired) electrons. The Morgan fingerprint density at radius 3 is 2.36 bits per heavy atom. The van der Waals surface area contributed by atoms with Crippen LogP contribution in [0.15, 0.2) is 41.8 Å². The maximum atomic E-state index is 12.8. The molecule has 0 aliphatic rings. The maximum absolute atomic E-state index is 12.8. The van der Waals surface area contributed by atoms with Gasteiger partial charge in [0.05, 0.1) is 23.3 Å². The summed E-state index contributed by atoms with van der Waals surface area (Å²) in [6, 6.07) is 1.50. The first kappa shape index (κ1) is 26.5. The topological polar surface area (TPSA) is 149 Å². The van der Waals surface area contributed by atoms with E-state index in [9.17, 15) is 31.2 Å². The molecular weight excluding hydrogens is 507 g/mol. The number of rotatable bonds is 7. The second kappa shape index (κ2) is 9.88. The third-order valence-corrected chi connectivity index (χ3v) is 5.69. The van der Waals surface area contributed by atoms with Gasteiger partial charge >= 0.3 is 6.36 Å². The highest BCUT2D eigenvalue weighted by atomic mass is 32.2. The molecule has 0 saturated heterocycles. The highest BCUT2D eigenvalue weighted by Crippen LogP contribution is 2.27. The normalized spacial score (nSPS) is 12.6. The summed E-state index contributed by atoms with van der Waals surface area (Å²) in [6.45, 7) is 1.52. The summed E-state index contributed by atoms with van der Waals surface area (Å²) >= 11 is 0. The van der Waals surface area contributed by atoms with Crippen molar-refractivity contribution < 1.29 is 35.9 Å². The zero-order valence-electron chi connectivity index (χ0n) is 19.3. The summed E-state index contributed by atoms with van der Waals surface area (Å²) in [5.41, 5.74) is -0.296. The molecule has 16 heteroatoms. The van der Waals surface area contributed by atoms with E-state index in [0.29, 0.717) is 6.07 Å². The van der Waals surface area contributed by atoms with Gasteiger partial charge in [-0.2, -0.15) is 9.78 Å². The van der Waals surface area contributed by atoms with Gasteiger partial charge in [-0.3, -0.25) is 9.59 Å². The third kappa shape index (κ3) is 6.32. The minimum atomic E-state index is -5.10. The van der Waals surface area contributed by atoms with Crippen LogP contribution < -0.4 is 10.1 Å². The molecule has 0 aliphatic carbocycles. The van der Waals surface area contributed by atoms with Crippen molar-refractivity contribution in [2.45, 2.75) is 24.2 Å². The van der Waals surface area contributed by atoms with Crippen molar-refractivity contribution in [3.05, 3.63) is 54.0 Å². The molecule has 0 bridgehead atoms. The number of hydrogen-bond acceptors (Lipinski definition) is 9. The number of aromatic nitrogens is 5. The summed E-state index contributed by atoms with van der Waals surface area (Å²) < 4.78 is 66.9. The van der Waals surface area contributed by atoms with Crippen LogP contribution in [0, 0.1) is 0 Å². The number of sulfone groups is 1. The molecule has 3 aromatic rings. The van der Waals surface area contributed by atoms with Gasteiger partial charge in [0.2, 0.25) is 0 Å². The minimum Gasteiger partial charge on any atom is -0.406 e. The van der Waals surface area contributed by atoms with Gasteiger partial charge in [-0.05, 0) is 25.1 Å². The van der Waals surface area contributed by atoms with Gasteiger partial charge in [0.1, 0.15) is 17.8 Å². The van der Waals surface area contributed by atoms with E-state index in [1.807, 2.05) is 0 Å². The number of ether oxygens (including phenoxy) is 1. The number of alkyl halides is 3. The van der Waals surface area contributed by atoms with Crippen molar-refractivity contribution in [3.63, 3.8) is 0 Å². The molecule has 2 aromatic heterocycles. The number of carbonyl (C=O) groups is 2. The lowest BCUT2D eigenvalue weighted by molar-refractivity contribution is -0.274. The number of nitrogens with one attached hydrogen (secondary N) is 1. The Hall–Kier alpha value is -4.08. The van der Waals surface area contributed by atoms with E-state index in [2.05, 4.69) is 30.1 Å². The highest BCUT2D eigenvalue weighted by Gasteiger charge is 2.32. The monoisotopic (exact) mass is 527 g/mol. The smallest absolute Gasteiger partial charge is 0.406 e. The largest absolute Gasteiger partial charge is 0.573 e.